The number of carbonyl (C=O) groups is 1. The highest BCUT2D eigenvalue weighted by molar-refractivity contribution is 7.99. The van der Waals surface area contributed by atoms with Gasteiger partial charge in [-0.25, -0.2) is 8.78 Å². The summed E-state index contributed by atoms with van der Waals surface area (Å²) < 4.78 is 25.0. The van der Waals surface area contributed by atoms with Crippen molar-refractivity contribution >= 4 is 18.0 Å². The van der Waals surface area contributed by atoms with Crippen LogP contribution in [0.2, 0.25) is 0 Å². The summed E-state index contributed by atoms with van der Waals surface area (Å²) in [7, 11) is 0. The number of alkyl halides is 2. The standard InChI is InChI=1S/C10H10F2OS/c1-10(11,12)7-14-9-4-2-8(6-13)3-5-9/h2-6H,7H2,1H3. The minimum atomic E-state index is -2.66. The molecule has 1 aromatic rings. The first kappa shape index (κ1) is 11.2. The second-order valence-corrected chi connectivity index (χ2v) is 4.09. The number of hydrogen-bond donors (Lipinski definition) is 0. The zero-order chi connectivity index (χ0) is 10.6. The van der Waals surface area contributed by atoms with E-state index < -0.39 is 5.92 Å². The number of carbonyl (C=O) groups excluding carboxylic acids is 1. The van der Waals surface area contributed by atoms with Crippen LogP contribution in [0.4, 0.5) is 8.78 Å². The van der Waals surface area contributed by atoms with E-state index in [0.29, 0.717) is 5.56 Å². The van der Waals surface area contributed by atoms with Gasteiger partial charge in [0.25, 0.3) is 5.92 Å². The molecule has 1 rings (SSSR count). The molecule has 1 nitrogen and oxygen atoms in total. The fourth-order valence-corrected chi connectivity index (χ4v) is 1.60. The number of rotatable bonds is 4. The average Bonchev–Trinajstić information content (AvgIpc) is 2.14. The Kier molecular flexibility index (Phi) is 3.63. The lowest BCUT2D eigenvalue weighted by atomic mass is 10.2. The van der Waals surface area contributed by atoms with Gasteiger partial charge >= 0.3 is 0 Å². The van der Waals surface area contributed by atoms with Crippen molar-refractivity contribution in [3.05, 3.63) is 29.8 Å². The molecule has 0 saturated heterocycles. The Labute approximate surface area is 85.5 Å². The zero-order valence-electron chi connectivity index (χ0n) is 7.67. The predicted octanol–water partition coefficient (Wildman–Crippen LogP) is 3.25. The summed E-state index contributed by atoms with van der Waals surface area (Å²) in [5, 5.41) is 0. The van der Waals surface area contributed by atoms with Gasteiger partial charge in [0.1, 0.15) is 6.29 Å². The molecule has 0 amide bonds. The molecule has 0 aromatic heterocycles. The number of thioether (sulfide) groups is 1. The van der Waals surface area contributed by atoms with Gasteiger partial charge in [0, 0.05) is 17.4 Å². The lowest BCUT2D eigenvalue weighted by Crippen LogP contribution is -2.12. The molecule has 0 aliphatic carbocycles. The van der Waals surface area contributed by atoms with Gasteiger partial charge in [-0.15, -0.1) is 11.8 Å². The molecule has 0 N–H and O–H groups in total. The molecule has 0 atom stereocenters. The normalized spacial score (nSPS) is 11.4. The maximum absolute atomic E-state index is 12.5. The maximum Gasteiger partial charge on any atom is 0.254 e. The smallest absolute Gasteiger partial charge is 0.254 e. The molecular formula is C10H10F2OS. The molecule has 76 valence electrons. The minimum absolute atomic E-state index is 0.243. The molecule has 0 unspecified atom stereocenters. The first-order valence-corrected chi connectivity index (χ1v) is 5.06. The van der Waals surface area contributed by atoms with E-state index in [9.17, 15) is 13.6 Å². The van der Waals surface area contributed by atoms with Crippen LogP contribution in [-0.4, -0.2) is 18.0 Å². The van der Waals surface area contributed by atoms with E-state index in [4.69, 9.17) is 0 Å². The van der Waals surface area contributed by atoms with Crippen LogP contribution < -0.4 is 0 Å². The molecule has 0 heterocycles. The third-order valence-electron chi connectivity index (χ3n) is 1.51. The Hall–Kier alpha value is -0.900. The van der Waals surface area contributed by atoms with Crippen molar-refractivity contribution in [3.8, 4) is 0 Å². The van der Waals surface area contributed by atoms with Crippen molar-refractivity contribution in [1.29, 1.82) is 0 Å². The fourth-order valence-electron chi connectivity index (χ4n) is 0.853. The van der Waals surface area contributed by atoms with Gasteiger partial charge < -0.3 is 0 Å². The van der Waals surface area contributed by atoms with E-state index in [1.54, 1.807) is 24.3 Å². The number of benzene rings is 1. The molecular weight excluding hydrogens is 206 g/mol. The van der Waals surface area contributed by atoms with E-state index in [1.807, 2.05) is 0 Å². The van der Waals surface area contributed by atoms with Crippen molar-refractivity contribution < 1.29 is 13.6 Å². The summed E-state index contributed by atoms with van der Waals surface area (Å²) in [5.74, 6) is -2.90. The first-order valence-electron chi connectivity index (χ1n) is 4.07. The topological polar surface area (TPSA) is 17.1 Å². The maximum atomic E-state index is 12.5. The summed E-state index contributed by atoms with van der Waals surface area (Å²) in [5.41, 5.74) is 0.553. The SMILES string of the molecule is CC(F)(F)CSc1ccc(C=O)cc1. The van der Waals surface area contributed by atoms with Crippen LogP contribution in [-0.2, 0) is 0 Å². The molecule has 4 heteroatoms. The monoisotopic (exact) mass is 216 g/mol. The van der Waals surface area contributed by atoms with E-state index in [1.165, 1.54) is 0 Å². The highest BCUT2D eigenvalue weighted by Gasteiger charge is 2.20. The Morgan fingerprint density at radius 1 is 1.36 bits per heavy atom. The number of aldehydes is 1. The molecule has 0 bridgehead atoms. The first-order chi connectivity index (χ1) is 6.51. The van der Waals surface area contributed by atoms with Crippen molar-refractivity contribution in [1.82, 2.24) is 0 Å². The van der Waals surface area contributed by atoms with E-state index in [2.05, 4.69) is 0 Å². The molecule has 0 spiro atoms. The van der Waals surface area contributed by atoms with Crippen LogP contribution in [0.1, 0.15) is 17.3 Å². The zero-order valence-corrected chi connectivity index (χ0v) is 8.48. The summed E-state index contributed by atoms with van der Waals surface area (Å²) in [6.45, 7) is 0.889. The molecule has 0 aliphatic rings. The van der Waals surface area contributed by atoms with Crippen molar-refractivity contribution in [2.24, 2.45) is 0 Å². The summed E-state index contributed by atoms with van der Waals surface area (Å²) in [4.78, 5) is 11.1. The quantitative estimate of drug-likeness (QED) is 0.567. The van der Waals surface area contributed by atoms with Gasteiger partial charge in [-0.05, 0) is 12.1 Å². The van der Waals surface area contributed by atoms with Crippen LogP contribution in [0.5, 0.6) is 0 Å². The highest BCUT2D eigenvalue weighted by atomic mass is 32.2. The molecule has 0 radical (unpaired) electrons. The summed E-state index contributed by atoms with van der Waals surface area (Å²) in [6.07, 6.45) is 0.725. The Morgan fingerprint density at radius 3 is 2.36 bits per heavy atom. The Bertz CT molecular complexity index is 303. The fraction of sp³-hybridized carbons (Fsp3) is 0.300. The lowest BCUT2D eigenvalue weighted by molar-refractivity contribution is 0.0492. The van der Waals surface area contributed by atoms with Gasteiger partial charge in [0.2, 0.25) is 0 Å². The largest absolute Gasteiger partial charge is 0.298 e. The summed E-state index contributed by atoms with van der Waals surface area (Å²) in [6, 6.07) is 6.56. The van der Waals surface area contributed by atoms with Crippen LogP contribution in [0, 0.1) is 0 Å². The average molecular weight is 216 g/mol. The predicted molar refractivity (Wildman–Crippen MR) is 53.2 cm³/mol. The van der Waals surface area contributed by atoms with Gasteiger partial charge in [-0.1, -0.05) is 12.1 Å². The lowest BCUT2D eigenvalue weighted by Gasteiger charge is -2.08. The Morgan fingerprint density at radius 2 is 1.93 bits per heavy atom. The second-order valence-electron chi connectivity index (χ2n) is 3.05. The van der Waals surface area contributed by atoms with E-state index >= 15 is 0 Å². The molecule has 0 fully saturated rings. The van der Waals surface area contributed by atoms with Crippen molar-refractivity contribution in [3.63, 3.8) is 0 Å². The Balaban J connectivity index is 2.56. The van der Waals surface area contributed by atoms with Gasteiger partial charge in [-0.2, -0.15) is 0 Å². The summed E-state index contributed by atoms with van der Waals surface area (Å²) >= 11 is 1.08. The highest BCUT2D eigenvalue weighted by Crippen LogP contribution is 2.25. The van der Waals surface area contributed by atoms with Crippen LogP contribution in [0.25, 0.3) is 0 Å². The van der Waals surface area contributed by atoms with E-state index in [-0.39, 0.29) is 5.75 Å². The van der Waals surface area contributed by atoms with Gasteiger partial charge in [0.05, 0.1) is 5.75 Å². The minimum Gasteiger partial charge on any atom is -0.298 e. The second kappa shape index (κ2) is 4.55. The van der Waals surface area contributed by atoms with Crippen molar-refractivity contribution in [2.75, 3.05) is 5.75 Å². The van der Waals surface area contributed by atoms with Crippen molar-refractivity contribution in [2.45, 2.75) is 17.7 Å². The molecule has 1 aromatic carbocycles. The number of halogens is 2. The van der Waals surface area contributed by atoms with Crippen LogP contribution >= 0.6 is 11.8 Å². The van der Waals surface area contributed by atoms with Gasteiger partial charge in [0.15, 0.2) is 0 Å². The van der Waals surface area contributed by atoms with Crippen LogP contribution in [0.3, 0.4) is 0 Å². The molecule has 0 aliphatic heterocycles. The molecule has 14 heavy (non-hydrogen) atoms. The number of hydrogen-bond acceptors (Lipinski definition) is 2. The van der Waals surface area contributed by atoms with Crippen LogP contribution in [0.15, 0.2) is 29.2 Å². The third kappa shape index (κ3) is 3.87. The van der Waals surface area contributed by atoms with Gasteiger partial charge in [-0.3, -0.25) is 4.79 Å². The molecule has 0 saturated carbocycles. The third-order valence-corrected chi connectivity index (χ3v) is 2.77. The van der Waals surface area contributed by atoms with E-state index in [0.717, 1.165) is 29.9 Å².